The molecular weight excluding hydrogens is 512 g/mol. The van der Waals surface area contributed by atoms with Crippen molar-refractivity contribution < 1.29 is 14.3 Å². The molecule has 3 amide bonds. The summed E-state index contributed by atoms with van der Waals surface area (Å²) in [7, 11) is 0. The Hall–Kier alpha value is -3.42. The Morgan fingerprint density at radius 3 is 2.51 bits per heavy atom. The van der Waals surface area contributed by atoms with Gasteiger partial charge in [0.1, 0.15) is 10.8 Å². The van der Waals surface area contributed by atoms with Crippen LogP contribution < -0.4 is 10.6 Å². The van der Waals surface area contributed by atoms with E-state index in [4.69, 9.17) is 16.3 Å². The normalized spacial score (nSPS) is 17.8. The first-order chi connectivity index (χ1) is 17.5. The van der Waals surface area contributed by atoms with Crippen molar-refractivity contribution in [1.82, 2.24) is 25.4 Å². The van der Waals surface area contributed by atoms with Gasteiger partial charge in [0, 0.05) is 42.3 Å². The summed E-state index contributed by atoms with van der Waals surface area (Å²) < 4.78 is 5.44. The van der Waals surface area contributed by atoms with Gasteiger partial charge in [-0.05, 0) is 57.5 Å². The van der Waals surface area contributed by atoms with Gasteiger partial charge in [0.2, 0.25) is 0 Å². The van der Waals surface area contributed by atoms with Gasteiger partial charge in [-0.25, -0.2) is 14.6 Å². The number of urea groups is 1. The molecule has 2 aliphatic rings. The van der Waals surface area contributed by atoms with Gasteiger partial charge in [-0.15, -0.1) is 0 Å². The van der Waals surface area contributed by atoms with E-state index < -0.39 is 11.1 Å². The number of nitriles is 1. The summed E-state index contributed by atoms with van der Waals surface area (Å²) >= 11 is 7.70. The first kappa shape index (κ1) is 26.6. The maximum atomic E-state index is 13.1. The highest BCUT2D eigenvalue weighted by Crippen LogP contribution is 2.42. The number of carbonyl (C=O) groups is 2. The zero-order valence-electron chi connectivity index (χ0n) is 21.2. The zero-order valence-corrected chi connectivity index (χ0v) is 22.7. The molecule has 0 bridgehead atoms. The number of nitrogens with one attached hydrogen (secondary N) is 2. The Labute approximate surface area is 225 Å². The van der Waals surface area contributed by atoms with E-state index in [2.05, 4.69) is 21.7 Å². The van der Waals surface area contributed by atoms with E-state index in [-0.39, 0.29) is 12.1 Å². The molecule has 0 aliphatic carbocycles. The fourth-order valence-electron chi connectivity index (χ4n) is 4.02. The second-order valence-corrected chi connectivity index (χ2v) is 11.3. The van der Waals surface area contributed by atoms with Gasteiger partial charge in [-0.1, -0.05) is 35.5 Å². The summed E-state index contributed by atoms with van der Waals surface area (Å²) in [4.78, 5) is 33.9. The summed E-state index contributed by atoms with van der Waals surface area (Å²) in [5, 5.41) is 16.2. The zero-order chi connectivity index (χ0) is 26.7. The number of pyridine rings is 1. The maximum Gasteiger partial charge on any atom is 0.410 e. The van der Waals surface area contributed by atoms with E-state index in [1.807, 2.05) is 45.9 Å². The molecule has 2 aromatic rings. The van der Waals surface area contributed by atoms with Crippen molar-refractivity contribution in [2.75, 3.05) is 26.2 Å². The summed E-state index contributed by atoms with van der Waals surface area (Å²) in [5.41, 5.74) is 2.80. The van der Waals surface area contributed by atoms with Gasteiger partial charge in [0.25, 0.3) is 0 Å². The van der Waals surface area contributed by atoms with E-state index in [1.165, 1.54) is 11.8 Å². The van der Waals surface area contributed by atoms with Crippen molar-refractivity contribution in [1.29, 1.82) is 5.26 Å². The van der Waals surface area contributed by atoms with E-state index >= 15 is 0 Å². The number of hydrogen-bond acceptors (Lipinski definition) is 7. The molecule has 1 saturated heterocycles. The molecule has 1 aromatic heterocycles. The summed E-state index contributed by atoms with van der Waals surface area (Å²) in [6, 6.07) is 13.0. The fourth-order valence-corrected chi connectivity index (χ4v) is 5.39. The SMILES string of the molecule is Cc1cc(C2=C(c3cccc(C#N)c3)NC(NC(=O)N3CCN(C(=O)OC(C)(C)C)CC3)S2)cc(Cl)n1. The highest BCUT2D eigenvalue weighted by Gasteiger charge is 2.32. The van der Waals surface area contributed by atoms with Gasteiger partial charge in [0.15, 0.2) is 5.50 Å². The molecule has 37 heavy (non-hydrogen) atoms. The van der Waals surface area contributed by atoms with Crippen molar-refractivity contribution in [3.05, 3.63) is 63.9 Å². The van der Waals surface area contributed by atoms with Crippen LogP contribution in [0.25, 0.3) is 10.6 Å². The van der Waals surface area contributed by atoms with E-state index in [1.54, 1.807) is 28.0 Å². The number of aromatic nitrogens is 1. The molecule has 1 unspecified atom stereocenters. The minimum Gasteiger partial charge on any atom is -0.444 e. The molecule has 2 aliphatic heterocycles. The molecule has 194 valence electrons. The van der Waals surface area contributed by atoms with Gasteiger partial charge in [0.05, 0.1) is 17.3 Å². The number of hydrogen-bond donors (Lipinski definition) is 2. The molecule has 1 aromatic carbocycles. The third kappa shape index (κ3) is 6.67. The van der Waals surface area contributed by atoms with E-state index in [0.29, 0.717) is 36.9 Å². The molecular formula is C26H29ClN6O3S. The van der Waals surface area contributed by atoms with Gasteiger partial charge in [-0.2, -0.15) is 5.26 Å². The lowest BCUT2D eigenvalue weighted by Gasteiger charge is -2.36. The largest absolute Gasteiger partial charge is 0.444 e. The van der Waals surface area contributed by atoms with Crippen LogP contribution in [0.5, 0.6) is 0 Å². The van der Waals surface area contributed by atoms with Crippen molar-refractivity contribution in [2.45, 2.75) is 38.8 Å². The fraction of sp³-hybridized carbons (Fsp3) is 0.385. The second kappa shape index (κ2) is 10.9. The van der Waals surface area contributed by atoms with Crippen molar-refractivity contribution >= 4 is 46.1 Å². The van der Waals surface area contributed by atoms with Crippen molar-refractivity contribution in [3.63, 3.8) is 0 Å². The topological polar surface area (TPSA) is 111 Å². The summed E-state index contributed by atoms with van der Waals surface area (Å²) in [6.07, 6.45) is -0.370. The number of benzene rings is 1. The maximum absolute atomic E-state index is 13.1. The second-order valence-electron chi connectivity index (χ2n) is 9.76. The average molecular weight is 541 g/mol. The number of rotatable bonds is 3. The Morgan fingerprint density at radius 1 is 1.16 bits per heavy atom. The van der Waals surface area contributed by atoms with E-state index in [9.17, 15) is 14.9 Å². The number of aryl methyl sites for hydroxylation is 1. The number of thioether (sulfide) groups is 1. The molecule has 9 nitrogen and oxygen atoms in total. The van der Waals surface area contributed by atoms with Crippen molar-refractivity contribution in [3.8, 4) is 6.07 Å². The van der Waals surface area contributed by atoms with Gasteiger partial charge < -0.3 is 25.2 Å². The Balaban J connectivity index is 1.46. The number of piperazine rings is 1. The molecule has 0 radical (unpaired) electrons. The van der Waals surface area contributed by atoms with Crippen LogP contribution in [-0.2, 0) is 4.74 Å². The quantitative estimate of drug-likeness (QED) is 0.546. The molecule has 1 fully saturated rings. The lowest BCUT2D eigenvalue weighted by molar-refractivity contribution is 0.0169. The van der Waals surface area contributed by atoms with Crippen LogP contribution in [0.1, 0.15) is 43.2 Å². The standard InChI is InChI=1S/C26H29ClN6O3S/c1-16-12-19(14-20(27)29-16)22-21(18-7-5-6-17(13-18)15-28)30-23(37-22)31-24(34)32-8-10-33(11-9-32)25(35)36-26(2,3)4/h5-7,12-14,23,30H,8-11H2,1-4H3,(H,31,34). The van der Waals surface area contributed by atoms with Crippen LogP contribution in [0.4, 0.5) is 9.59 Å². The first-order valence-electron chi connectivity index (χ1n) is 11.9. The molecule has 0 saturated carbocycles. The number of carbonyl (C=O) groups excluding carboxylic acids is 2. The summed E-state index contributed by atoms with van der Waals surface area (Å²) in [6.45, 7) is 8.96. The van der Waals surface area contributed by atoms with Gasteiger partial charge in [-0.3, -0.25) is 0 Å². The highest BCUT2D eigenvalue weighted by molar-refractivity contribution is 8.09. The lowest BCUT2D eigenvalue weighted by Crippen LogP contribution is -2.55. The smallest absolute Gasteiger partial charge is 0.410 e. The van der Waals surface area contributed by atoms with Gasteiger partial charge >= 0.3 is 12.1 Å². The Kier molecular flexibility index (Phi) is 7.85. The van der Waals surface area contributed by atoms with E-state index in [0.717, 1.165) is 27.4 Å². The van der Waals surface area contributed by atoms with Crippen molar-refractivity contribution in [2.24, 2.45) is 0 Å². The van der Waals surface area contributed by atoms with Crippen LogP contribution in [0.15, 0.2) is 36.4 Å². The minimum absolute atomic E-state index is 0.232. The Bertz CT molecular complexity index is 1260. The Morgan fingerprint density at radius 2 is 1.86 bits per heavy atom. The third-order valence-electron chi connectivity index (χ3n) is 5.68. The number of amides is 3. The van der Waals surface area contributed by atoms with Crippen LogP contribution in [-0.4, -0.2) is 64.2 Å². The predicted octanol–water partition coefficient (Wildman–Crippen LogP) is 4.62. The molecule has 1 atom stereocenters. The van der Waals surface area contributed by atoms with Crippen LogP contribution in [0, 0.1) is 18.3 Å². The molecule has 0 spiro atoms. The third-order valence-corrected chi connectivity index (χ3v) is 7.02. The highest BCUT2D eigenvalue weighted by atomic mass is 35.5. The molecule has 11 heteroatoms. The minimum atomic E-state index is -0.566. The van der Waals surface area contributed by atoms with Crippen LogP contribution in [0.2, 0.25) is 5.15 Å². The number of halogens is 1. The lowest BCUT2D eigenvalue weighted by atomic mass is 10.1. The number of nitrogens with zero attached hydrogens (tertiary/aromatic N) is 4. The first-order valence-corrected chi connectivity index (χ1v) is 13.1. The van der Waals surface area contributed by atoms with Crippen LogP contribution >= 0.6 is 23.4 Å². The average Bonchev–Trinajstić information content (AvgIpc) is 3.26. The number of ether oxygens (including phenoxy) is 1. The molecule has 3 heterocycles. The molecule has 4 rings (SSSR count). The summed E-state index contributed by atoms with van der Waals surface area (Å²) in [5.74, 6) is 0. The monoisotopic (exact) mass is 540 g/mol. The molecule has 2 N–H and O–H groups in total. The van der Waals surface area contributed by atoms with Crippen LogP contribution in [0.3, 0.4) is 0 Å². The predicted molar refractivity (Wildman–Crippen MR) is 144 cm³/mol.